The summed E-state index contributed by atoms with van der Waals surface area (Å²) in [5.41, 5.74) is 3.59. The Kier molecular flexibility index (Phi) is 4.26. The van der Waals surface area contributed by atoms with E-state index in [0.717, 1.165) is 16.7 Å². The molecule has 0 fully saturated rings. The molecule has 0 N–H and O–H groups in total. The van der Waals surface area contributed by atoms with Crippen LogP contribution in [0.15, 0.2) is 36.8 Å². The maximum absolute atomic E-state index is 13.3. The lowest BCUT2D eigenvalue weighted by molar-refractivity contribution is -0.121. The van der Waals surface area contributed by atoms with Crippen molar-refractivity contribution in [3.05, 3.63) is 59.4 Å². The highest BCUT2D eigenvalue weighted by atomic mass is 16.2. The molecule has 29 heavy (non-hydrogen) atoms. The maximum atomic E-state index is 13.3. The van der Waals surface area contributed by atoms with Crippen molar-refractivity contribution < 1.29 is 9.59 Å². The molecule has 0 aliphatic carbocycles. The fourth-order valence-corrected chi connectivity index (χ4v) is 3.57. The summed E-state index contributed by atoms with van der Waals surface area (Å²) in [6, 6.07) is 5.83. The van der Waals surface area contributed by atoms with Crippen molar-refractivity contribution in [1.82, 2.24) is 19.9 Å². The summed E-state index contributed by atoms with van der Waals surface area (Å²) in [7, 11) is 0. The number of amides is 1. The second-order valence-corrected chi connectivity index (χ2v) is 7.77. The number of fused-ring (bicyclic) bond motifs is 1. The van der Waals surface area contributed by atoms with Gasteiger partial charge in [-0.2, -0.15) is 0 Å². The molecule has 0 unspecified atom stereocenters. The highest BCUT2D eigenvalue weighted by molar-refractivity contribution is 6.12. The molecule has 0 bridgehead atoms. The van der Waals surface area contributed by atoms with Gasteiger partial charge in [0.05, 0.1) is 11.1 Å². The summed E-state index contributed by atoms with van der Waals surface area (Å²) in [5.74, 6) is 0.596. The average molecular weight is 387 g/mol. The van der Waals surface area contributed by atoms with Crippen LogP contribution in [0, 0.1) is 13.8 Å². The number of nitrogens with zero attached hydrogens (tertiary/aromatic N) is 5. The molecule has 0 radical (unpaired) electrons. The molecule has 1 aromatic carbocycles. The largest absolute Gasteiger partial charge is 0.293 e. The molecule has 146 valence electrons. The molecule has 0 spiro atoms. The van der Waals surface area contributed by atoms with E-state index in [-0.39, 0.29) is 17.6 Å². The minimum atomic E-state index is -0.734. The fraction of sp³-hybridized carbons (Fsp3) is 0.273. The quantitative estimate of drug-likeness (QED) is 0.637. The minimum Gasteiger partial charge on any atom is -0.293 e. The first kappa shape index (κ1) is 18.9. The van der Waals surface area contributed by atoms with E-state index in [9.17, 15) is 9.59 Å². The summed E-state index contributed by atoms with van der Waals surface area (Å²) in [4.78, 5) is 44.0. The number of aromatic nitrogens is 4. The van der Waals surface area contributed by atoms with Gasteiger partial charge in [0.15, 0.2) is 5.78 Å². The Balaban J connectivity index is 1.89. The smallest absolute Gasteiger partial charge is 0.244 e. The molecule has 7 nitrogen and oxygen atoms in total. The van der Waals surface area contributed by atoms with Gasteiger partial charge in [-0.1, -0.05) is 12.1 Å². The van der Waals surface area contributed by atoms with Crippen molar-refractivity contribution in [2.75, 3.05) is 4.90 Å². The van der Waals surface area contributed by atoms with Gasteiger partial charge in [-0.15, -0.1) is 0 Å². The molecule has 0 saturated carbocycles. The van der Waals surface area contributed by atoms with Gasteiger partial charge in [-0.3, -0.25) is 9.59 Å². The van der Waals surface area contributed by atoms with E-state index in [2.05, 4.69) is 19.9 Å². The molecule has 2 aromatic heterocycles. The number of Topliss-reactive ketones (excluding diaryl/α,β-unsaturated/α-hetero) is 1. The van der Waals surface area contributed by atoms with E-state index in [0.29, 0.717) is 22.8 Å². The summed E-state index contributed by atoms with van der Waals surface area (Å²) >= 11 is 0. The van der Waals surface area contributed by atoms with Crippen LogP contribution >= 0.6 is 0 Å². The third kappa shape index (κ3) is 2.99. The van der Waals surface area contributed by atoms with Crippen LogP contribution < -0.4 is 4.90 Å². The molecule has 0 atom stereocenters. The zero-order valence-corrected chi connectivity index (χ0v) is 17.0. The van der Waals surface area contributed by atoms with E-state index >= 15 is 0 Å². The normalized spacial score (nSPS) is 14.8. The second kappa shape index (κ2) is 6.55. The van der Waals surface area contributed by atoms with Crippen LogP contribution in [0.1, 0.15) is 48.2 Å². The third-order valence-corrected chi connectivity index (χ3v) is 5.26. The van der Waals surface area contributed by atoms with Gasteiger partial charge in [-0.25, -0.2) is 24.8 Å². The molecule has 3 heterocycles. The van der Waals surface area contributed by atoms with Gasteiger partial charge in [-0.05, 0) is 50.5 Å². The molecular formula is C22H21N5O2. The predicted molar refractivity (Wildman–Crippen MR) is 109 cm³/mol. The molecule has 3 aromatic rings. The second-order valence-electron chi connectivity index (χ2n) is 7.77. The number of hydrogen-bond donors (Lipinski definition) is 0. The van der Waals surface area contributed by atoms with Crippen LogP contribution in [-0.4, -0.2) is 31.6 Å². The standard InChI is InChI=1S/C22H21N5O2/c1-12-9-25-21(26-19(12)13(2)28)27-18-8-15(16-10-23-14(3)24-11-16)6-7-17(18)22(4,5)20(27)29/h6-11H,1-5H3. The molecule has 7 heteroatoms. The average Bonchev–Trinajstić information content (AvgIpc) is 2.88. The van der Waals surface area contributed by atoms with Crippen LogP contribution in [0.2, 0.25) is 0 Å². The van der Waals surface area contributed by atoms with Crippen molar-refractivity contribution in [2.45, 2.75) is 40.0 Å². The topological polar surface area (TPSA) is 88.9 Å². The summed E-state index contributed by atoms with van der Waals surface area (Å²) in [6.45, 7) is 8.82. The Morgan fingerprint density at radius 3 is 2.34 bits per heavy atom. The molecular weight excluding hydrogens is 366 g/mol. The van der Waals surface area contributed by atoms with Gasteiger partial charge in [0.25, 0.3) is 0 Å². The zero-order chi connectivity index (χ0) is 20.9. The predicted octanol–water partition coefficient (Wildman–Crippen LogP) is 3.71. The van der Waals surface area contributed by atoms with Crippen LogP contribution in [0.5, 0.6) is 0 Å². The lowest BCUT2D eigenvalue weighted by Crippen LogP contribution is -2.34. The van der Waals surface area contributed by atoms with Crippen LogP contribution in [0.4, 0.5) is 11.6 Å². The first-order valence-electron chi connectivity index (χ1n) is 9.33. The van der Waals surface area contributed by atoms with Crippen molar-refractivity contribution in [3.63, 3.8) is 0 Å². The fourth-order valence-electron chi connectivity index (χ4n) is 3.57. The van der Waals surface area contributed by atoms with Gasteiger partial charge in [0.2, 0.25) is 11.9 Å². The summed E-state index contributed by atoms with van der Waals surface area (Å²) in [6.07, 6.45) is 5.09. The number of benzene rings is 1. The summed E-state index contributed by atoms with van der Waals surface area (Å²) in [5, 5.41) is 0. The number of aryl methyl sites for hydroxylation is 2. The van der Waals surface area contributed by atoms with Crippen LogP contribution in [0.3, 0.4) is 0 Å². The van der Waals surface area contributed by atoms with E-state index in [4.69, 9.17) is 0 Å². The first-order chi connectivity index (χ1) is 13.7. The molecule has 4 rings (SSSR count). The van der Waals surface area contributed by atoms with Crippen molar-refractivity contribution in [2.24, 2.45) is 0 Å². The molecule has 0 saturated heterocycles. The number of carbonyl (C=O) groups excluding carboxylic acids is 2. The summed E-state index contributed by atoms with van der Waals surface area (Å²) < 4.78 is 0. The number of anilines is 2. The number of hydrogen-bond acceptors (Lipinski definition) is 6. The Morgan fingerprint density at radius 1 is 1.00 bits per heavy atom. The third-order valence-electron chi connectivity index (χ3n) is 5.26. The maximum Gasteiger partial charge on any atom is 0.244 e. The minimum absolute atomic E-state index is 0.136. The van der Waals surface area contributed by atoms with E-state index in [1.807, 2.05) is 39.0 Å². The monoisotopic (exact) mass is 387 g/mol. The Hall–Kier alpha value is -3.48. The number of ketones is 1. The number of rotatable bonds is 3. The Morgan fingerprint density at radius 2 is 1.69 bits per heavy atom. The zero-order valence-electron chi connectivity index (χ0n) is 17.0. The molecule has 1 amide bonds. The van der Waals surface area contributed by atoms with Crippen molar-refractivity contribution in [1.29, 1.82) is 0 Å². The van der Waals surface area contributed by atoms with Gasteiger partial charge >= 0.3 is 0 Å². The van der Waals surface area contributed by atoms with E-state index in [1.165, 1.54) is 11.8 Å². The van der Waals surface area contributed by atoms with Crippen molar-refractivity contribution >= 4 is 23.3 Å². The lowest BCUT2D eigenvalue weighted by Gasteiger charge is -2.19. The molecule has 1 aliphatic rings. The van der Waals surface area contributed by atoms with Gasteiger partial charge in [0, 0.05) is 31.1 Å². The number of carbonyl (C=O) groups is 2. The molecule has 1 aliphatic heterocycles. The van der Waals surface area contributed by atoms with Crippen LogP contribution in [-0.2, 0) is 10.2 Å². The van der Waals surface area contributed by atoms with Crippen LogP contribution in [0.25, 0.3) is 11.1 Å². The lowest BCUT2D eigenvalue weighted by atomic mass is 9.85. The SMILES string of the molecule is CC(=O)c1nc(N2C(=O)C(C)(C)c3ccc(-c4cnc(C)nc4)cc32)ncc1C. The first-order valence-corrected chi connectivity index (χ1v) is 9.33. The Bertz CT molecular complexity index is 1150. The van der Waals surface area contributed by atoms with Gasteiger partial charge in [0.1, 0.15) is 11.5 Å². The Labute approximate surface area is 168 Å². The highest BCUT2D eigenvalue weighted by Crippen LogP contribution is 2.45. The van der Waals surface area contributed by atoms with E-state index < -0.39 is 5.41 Å². The highest BCUT2D eigenvalue weighted by Gasteiger charge is 2.45. The van der Waals surface area contributed by atoms with E-state index in [1.54, 1.807) is 25.5 Å². The van der Waals surface area contributed by atoms with Crippen molar-refractivity contribution in [3.8, 4) is 11.1 Å². The van der Waals surface area contributed by atoms with Gasteiger partial charge < -0.3 is 0 Å².